The lowest BCUT2D eigenvalue weighted by Crippen LogP contribution is -2.12. The lowest BCUT2D eigenvalue weighted by atomic mass is 10.1. The third kappa shape index (κ3) is 4.81. The van der Waals surface area contributed by atoms with E-state index < -0.39 is 0 Å². The number of hydrogen-bond acceptors (Lipinski definition) is 6. The summed E-state index contributed by atoms with van der Waals surface area (Å²) in [4.78, 5) is 25.2. The molecule has 0 saturated heterocycles. The van der Waals surface area contributed by atoms with Crippen LogP contribution in [0.3, 0.4) is 0 Å². The number of carbonyl (C=O) groups is 1. The largest absolute Gasteiger partial charge is 0.355 e. The fourth-order valence-corrected chi connectivity index (χ4v) is 3.51. The molecule has 3 aromatic carbocycles. The van der Waals surface area contributed by atoms with Gasteiger partial charge in [-0.1, -0.05) is 12.1 Å². The van der Waals surface area contributed by atoms with Crippen molar-refractivity contribution < 1.29 is 9.18 Å². The number of nitrogens with zero attached hydrogens (tertiary/aromatic N) is 3. The van der Waals surface area contributed by atoms with Crippen molar-refractivity contribution >= 4 is 45.4 Å². The molecule has 7 nitrogen and oxygen atoms in total. The van der Waals surface area contributed by atoms with Gasteiger partial charge in [0.25, 0.3) is 5.91 Å². The number of aromatic nitrogens is 3. The smallest absolute Gasteiger partial charge is 0.255 e. The van der Waals surface area contributed by atoms with E-state index >= 15 is 0 Å². The number of hydrogen-bond donors (Lipinski definition) is 3. The number of halogens is 1. The zero-order valence-electron chi connectivity index (χ0n) is 17.9. The van der Waals surface area contributed by atoms with Crippen LogP contribution >= 0.6 is 0 Å². The molecule has 5 rings (SSSR count). The summed E-state index contributed by atoms with van der Waals surface area (Å²) in [7, 11) is 0. The summed E-state index contributed by atoms with van der Waals surface area (Å²) < 4.78 is 13.8. The minimum absolute atomic E-state index is 0.256. The second kappa shape index (κ2) is 9.33. The number of pyridine rings is 1. The second-order valence-corrected chi connectivity index (χ2v) is 7.48. The molecule has 0 spiro atoms. The lowest BCUT2D eigenvalue weighted by Gasteiger charge is -2.12. The van der Waals surface area contributed by atoms with Gasteiger partial charge in [0.15, 0.2) is 0 Å². The standard InChI is InChI=1S/C26H19FN6O/c27-18-7-8-23-22(14-18)24(9-12-29-23)31-19-4-1-3-17(13-19)26(34)33-21-6-2-5-20(15-21)32-25-10-11-28-16-30-25/h1-16H,(H,29,31)(H,33,34)(H,28,30,32). The number of carbonyl (C=O) groups excluding carboxylic acids is 1. The fourth-order valence-electron chi connectivity index (χ4n) is 3.51. The first kappa shape index (κ1) is 21.0. The second-order valence-electron chi connectivity index (χ2n) is 7.48. The van der Waals surface area contributed by atoms with Crippen molar-refractivity contribution in [2.24, 2.45) is 0 Å². The first-order valence-corrected chi connectivity index (χ1v) is 10.5. The van der Waals surface area contributed by atoms with Crippen LogP contribution in [0.2, 0.25) is 0 Å². The number of amides is 1. The van der Waals surface area contributed by atoms with E-state index in [1.165, 1.54) is 18.5 Å². The molecule has 5 aromatic rings. The van der Waals surface area contributed by atoms with Crippen LogP contribution in [-0.4, -0.2) is 20.9 Å². The Morgan fingerprint density at radius 2 is 1.59 bits per heavy atom. The van der Waals surface area contributed by atoms with Gasteiger partial charge in [0.05, 0.1) is 5.52 Å². The molecule has 0 radical (unpaired) electrons. The first-order chi connectivity index (χ1) is 16.6. The first-order valence-electron chi connectivity index (χ1n) is 10.5. The Morgan fingerprint density at radius 3 is 2.44 bits per heavy atom. The minimum Gasteiger partial charge on any atom is -0.355 e. The van der Waals surface area contributed by atoms with E-state index in [1.54, 1.807) is 48.8 Å². The highest BCUT2D eigenvalue weighted by molar-refractivity contribution is 6.05. The summed E-state index contributed by atoms with van der Waals surface area (Å²) in [6.07, 6.45) is 4.76. The molecule has 34 heavy (non-hydrogen) atoms. The molecule has 166 valence electrons. The molecule has 0 unspecified atom stereocenters. The SMILES string of the molecule is O=C(Nc1cccc(Nc2ccncn2)c1)c1cccc(Nc2ccnc3ccc(F)cc23)c1. The van der Waals surface area contributed by atoms with Gasteiger partial charge >= 0.3 is 0 Å². The maximum atomic E-state index is 13.8. The van der Waals surface area contributed by atoms with Crippen LogP contribution in [0.1, 0.15) is 10.4 Å². The minimum atomic E-state index is -0.340. The van der Waals surface area contributed by atoms with E-state index in [9.17, 15) is 9.18 Å². The Bertz CT molecular complexity index is 1480. The normalized spacial score (nSPS) is 10.6. The number of nitrogens with one attached hydrogen (secondary N) is 3. The van der Waals surface area contributed by atoms with E-state index in [-0.39, 0.29) is 11.7 Å². The van der Waals surface area contributed by atoms with Crippen LogP contribution in [0.4, 0.5) is 33.0 Å². The maximum Gasteiger partial charge on any atom is 0.255 e. The molecule has 2 aromatic heterocycles. The van der Waals surface area contributed by atoms with E-state index in [0.29, 0.717) is 39.3 Å². The van der Waals surface area contributed by atoms with Crippen molar-refractivity contribution in [3.63, 3.8) is 0 Å². The van der Waals surface area contributed by atoms with Gasteiger partial charge in [0.2, 0.25) is 0 Å². The Labute approximate surface area is 194 Å². The van der Waals surface area contributed by atoms with E-state index in [0.717, 1.165) is 5.69 Å². The van der Waals surface area contributed by atoms with E-state index in [4.69, 9.17) is 0 Å². The van der Waals surface area contributed by atoms with Gasteiger partial charge in [-0.05, 0) is 66.7 Å². The summed E-state index contributed by atoms with van der Waals surface area (Å²) in [5.74, 6) is 0.0577. The van der Waals surface area contributed by atoms with Crippen LogP contribution in [0.25, 0.3) is 10.9 Å². The Hall–Kier alpha value is -4.85. The predicted molar refractivity (Wildman–Crippen MR) is 131 cm³/mol. The van der Waals surface area contributed by atoms with Gasteiger partial charge in [-0.3, -0.25) is 9.78 Å². The molecule has 0 aliphatic carbocycles. The molecule has 0 aliphatic heterocycles. The molecule has 0 bridgehead atoms. The number of benzene rings is 3. The van der Waals surface area contributed by atoms with Crippen molar-refractivity contribution in [1.82, 2.24) is 15.0 Å². The maximum absolute atomic E-state index is 13.8. The number of anilines is 5. The summed E-state index contributed by atoms with van der Waals surface area (Å²) in [5.41, 5.74) is 3.97. The zero-order valence-corrected chi connectivity index (χ0v) is 17.9. The van der Waals surface area contributed by atoms with Gasteiger partial charge < -0.3 is 16.0 Å². The van der Waals surface area contributed by atoms with Crippen LogP contribution in [0, 0.1) is 5.82 Å². The highest BCUT2D eigenvalue weighted by Gasteiger charge is 2.09. The van der Waals surface area contributed by atoms with Crippen molar-refractivity contribution in [2.75, 3.05) is 16.0 Å². The molecule has 1 amide bonds. The van der Waals surface area contributed by atoms with Gasteiger partial charge in [-0.25, -0.2) is 14.4 Å². The third-order valence-electron chi connectivity index (χ3n) is 5.08. The van der Waals surface area contributed by atoms with Crippen molar-refractivity contribution in [1.29, 1.82) is 0 Å². The fraction of sp³-hybridized carbons (Fsp3) is 0. The topological polar surface area (TPSA) is 91.8 Å². The molecule has 0 fully saturated rings. The van der Waals surface area contributed by atoms with E-state index in [1.807, 2.05) is 30.3 Å². The molecule has 2 heterocycles. The van der Waals surface area contributed by atoms with Crippen LogP contribution in [0.15, 0.2) is 97.6 Å². The summed E-state index contributed by atoms with van der Waals surface area (Å²) >= 11 is 0. The Morgan fingerprint density at radius 1 is 0.765 bits per heavy atom. The monoisotopic (exact) mass is 450 g/mol. The van der Waals surface area contributed by atoms with E-state index in [2.05, 4.69) is 30.9 Å². The van der Waals surface area contributed by atoms with Crippen LogP contribution < -0.4 is 16.0 Å². The third-order valence-corrected chi connectivity index (χ3v) is 5.08. The van der Waals surface area contributed by atoms with Gasteiger partial charge in [0.1, 0.15) is 18.0 Å². The van der Waals surface area contributed by atoms with Crippen LogP contribution in [0.5, 0.6) is 0 Å². The molecule has 0 atom stereocenters. The number of fused-ring (bicyclic) bond motifs is 1. The van der Waals surface area contributed by atoms with Gasteiger partial charge in [-0.2, -0.15) is 0 Å². The highest BCUT2D eigenvalue weighted by Crippen LogP contribution is 2.26. The molecule has 3 N–H and O–H groups in total. The highest BCUT2D eigenvalue weighted by atomic mass is 19.1. The van der Waals surface area contributed by atoms with Crippen molar-refractivity contribution in [3.05, 3.63) is 109 Å². The quantitative estimate of drug-likeness (QED) is 0.298. The molecular weight excluding hydrogens is 431 g/mol. The van der Waals surface area contributed by atoms with Crippen molar-refractivity contribution in [2.45, 2.75) is 0 Å². The Kier molecular flexibility index (Phi) is 5.77. The predicted octanol–water partition coefficient (Wildman–Crippen LogP) is 5.90. The average molecular weight is 450 g/mol. The van der Waals surface area contributed by atoms with Crippen LogP contribution in [-0.2, 0) is 0 Å². The van der Waals surface area contributed by atoms with Crippen molar-refractivity contribution in [3.8, 4) is 0 Å². The summed E-state index contributed by atoms with van der Waals surface area (Å²) in [5, 5.41) is 10.0. The van der Waals surface area contributed by atoms with Gasteiger partial charge in [-0.15, -0.1) is 0 Å². The molecule has 8 heteroatoms. The average Bonchev–Trinajstić information content (AvgIpc) is 2.85. The summed E-state index contributed by atoms with van der Waals surface area (Å²) in [6, 6.07) is 22.4. The Balaban J connectivity index is 1.33. The molecular formula is C26H19FN6O. The molecule has 0 saturated carbocycles. The number of rotatable bonds is 6. The lowest BCUT2D eigenvalue weighted by molar-refractivity contribution is 0.102. The molecule has 0 aliphatic rings. The summed E-state index contributed by atoms with van der Waals surface area (Å²) in [6.45, 7) is 0. The zero-order chi connectivity index (χ0) is 23.3. The van der Waals surface area contributed by atoms with Gasteiger partial charge in [0, 0.05) is 46.1 Å².